The quantitative estimate of drug-likeness (QED) is 0.650. The van der Waals surface area contributed by atoms with Gasteiger partial charge in [0.05, 0.1) is 10.6 Å². The third-order valence-corrected chi connectivity index (χ3v) is 7.92. The van der Waals surface area contributed by atoms with E-state index in [0.717, 1.165) is 0 Å². The van der Waals surface area contributed by atoms with Crippen LogP contribution in [0.5, 0.6) is 0 Å². The van der Waals surface area contributed by atoms with Gasteiger partial charge in [-0.1, -0.05) is 50.2 Å². The summed E-state index contributed by atoms with van der Waals surface area (Å²) in [7, 11) is -3.58. The summed E-state index contributed by atoms with van der Waals surface area (Å²) in [5, 5.41) is 3.02. The van der Waals surface area contributed by atoms with E-state index in [2.05, 4.69) is 12.2 Å². The average Bonchev–Trinajstić information content (AvgIpc) is 2.69. The molecule has 0 radical (unpaired) electrons. The molecule has 2 rings (SSSR count). The van der Waals surface area contributed by atoms with Gasteiger partial charge in [-0.2, -0.15) is 4.31 Å². The number of anilines is 1. The Bertz CT molecular complexity index is 895. The summed E-state index contributed by atoms with van der Waals surface area (Å²) in [6, 6.07) is 15.0. The molecule has 1 N–H and O–H groups in total. The maximum atomic E-state index is 12.8. The fourth-order valence-electron chi connectivity index (χ4n) is 2.88. The molecule has 1 amide bonds. The van der Waals surface area contributed by atoms with Crippen molar-refractivity contribution in [1.29, 1.82) is 0 Å². The second kappa shape index (κ2) is 10.1. The molecular weight excluding hydrogens is 392 g/mol. The van der Waals surface area contributed by atoms with Crippen molar-refractivity contribution in [1.82, 2.24) is 4.31 Å². The molecule has 2 aromatic rings. The van der Waals surface area contributed by atoms with E-state index in [-0.39, 0.29) is 16.1 Å². The van der Waals surface area contributed by atoms with Crippen molar-refractivity contribution in [3.63, 3.8) is 0 Å². The molecule has 0 aliphatic heterocycles. The molecule has 0 fully saturated rings. The van der Waals surface area contributed by atoms with E-state index >= 15 is 0 Å². The van der Waals surface area contributed by atoms with Gasteiger partial charge in [-0.3, -0.25) is 4.79 Å². The number of amides is 1. The summed E-state index contributed by atoms with van der Waals surface area (Å²) in [6.45, 7) is 8.26. The summed E-state index contributed by atoms with van der Waals surface area (Å²) in [4.78, 5) is 12.6. The van der Waals surface area contributed by atoms with Crippen LogP contribution in [0.4, 0.5) is 5.69 Å². The zero-order chi connectivity index (χ0) is 20.7. The third-order valence-electron chi connectivity index (χ3n) is 4.53. The molecule has 0 unspecified atom stereocenters. The van der Waals surface area contributed by atoms with Gasteiger partial charge in [-0.25, -0.2) is 8.42 Å². The van der Waals surface area contributed by atoms with Gasteiger partial charge < -0.3 is 5.32 Å². The number of sulfonamides is 1. The number of carbonyl (C=O) groups is 1. The van der Waals surface area contributed by atoms with E-state index in [1.807, 2.05) is 44.2 Å². The molecule has 28 heavy (non-hydrogen) atoms. The van der Waals surface area contributed by atoms with Gasteiger partial charge in [-0.15, -0.1) is 11.8 Å². The van der Waals surface area contributed by atoms with E-state index in [4.69, 9.17) is 0 Å². The summed E-state index contributed by atoms with van der Waals surface area (Å²) in [5.74, 6) is 0.144. The van der Waals surface area contributed by atoms with Crippen LogP contribution in [-0.4, -0.2) is 37.5 Å². The lowest BCUT2D eigenvalue weighted by Crippen LogP contribution is -2.31. The van der Waals surface area contributed by atoms with E-state index in [0.29, 0.717) is 30.1 Å². The van der Waals surface area contributed by atoms with E-state index in [1.54, 1.807) is 36.9 Å². The predicted octanol–water partition coefficient (Wildman–Crippen LogP) is 4.46. The van der Waals surface area contributed by atoms with Crippen LogP contribution in [0.25, 0.3) is 0 Å². The first-order valence-corrected chi connectivity index (χ1v) is 11.9. The SMILES string of the molecule is CCN(CC)S(=O)(=O)c1cc(NC(=O)CS[C@H](C)c2ccccc2)ccc1C. The highest BCUT2D eigenvalue weighted by Crippen LogP contribution is 2.28. The average molecular weight is 421 g/mol. The molecule has 5 nitrogen and oxygen atoms in total. The number of carbonyl (C=O) groups excluding carboxylic acids is 1. The monoisotopic (exact) mass is 420 g/mol. The Balaban J connectivity index is 2.07. The number of nitrogens with one attached hydrogen (secondary N) is 1. The number of rotatable bonds is 9. The highest BCUT2D eigenvalue weighted by molar-refractivity contribution is 8.00. The number of benzene rings is 2. The normalized spacial score (nSPS) is 12.8. The lowest BCUT2D eigenvalue weighted by molar-refractivity contribution is -0.113. The van der Waals surface area contributed by atoms with Gasteiger partial charge in [0.25, 0.3) is 0 Å². The number of thioether (sulfide) groups is 1. The first-order valence-electron chi connectivity index (χ1n) is 9.36. The number of aryl methyl sites for hydroxylation is 1. The topological polar surface area (TPSA) is 66.5 Å². The van der Waals surface area contributed by atoms with Crippen molar-refractivity contribution in [3.8, 4) is 0 Å². The van der Waals surface area contributed by atoms with Crippen molar-refractivity contribution in [3.05, 3.63) is 59.7 Å². The van der Waals surface area contributed by atoms with Crippen LogP contribution in [0.15, 0.2) is 53.4 Å². The molecule has 0 heterocycles. The molecule has 0 aromatic heterocycles. The first-order chi connectivity index (χ1) is 13.3. The minimum absolute atomic E-state index is 0.150. The Labute approximate surface area is 172 Å². The van der Waals surface area contributed by atoms with Crippen LogP contribution in [0, 0.1) is 6.92 Å². The van der Waals surface area contributed by atoms with Crippen LogP contribution in [0.2, 0.25) is 0 Å². The van der Waals surface area contributed by atoms with Crippen LogP contribution >= 0.6 is 11.8 Å². The Morgan fingerprint density at radius 1 is 1.11 bits per heavy atom. The van der Waals surface area contributed by atoms with Crippen molar-refractivity contribution in [2.24, 2.45) is 0 Å². The number of nitrogens with zero attached hydrogens (tertiary/aromatic N) is 1. The summed E-state index contributed by atoms with van der Waals surface area (Å²) < 4.78 is 27.1. The Morgan fingerprint density at radius 3 is 2.36 bits per heavy atom. The van der Waals surface area contributed by atoms with E-state index in [1.165, 1.54) is 9.87 Å². The lowest BCUT2D eigenvalue weighted by atomic mass is 10.2. The van der Waals surface area contributed by atoms with E-state index < -0.39 is 10.0 Å². The minimum atomic E-state index is -3.58. The van der Waals surface area contributed by atoms with Crippen LogP contribution in [0.1, 0.15) is 37.1 Å². The molecule has 152 valence electrons. The molecule has 2 aromatic carbocycles. The van der Waals surface area contributed by atoms with Crippen molar-refractivity contribution in [2.75, 3.05) is 24.2 Å². The minimum Gasteiger partial charge on any atom is -0.325 e. The van der Waals surface area contributed by atoms with Crippen molar-refractivity contribution >= 4 is 33.4 Å². The Morgan fingerprint density at radius 2 is 1.75 bits per heavy atom. The summed E-state index contributed by atoms with van der Waals surface area (Å²) in [6.07, 6.45) is 0. The maximum absolute atomic E-state index is 12.8. The van der Waals surface area contributed by atoms with Gasteiger partial charge in [0.2, 0.25) is 15.9 Å². The second-order valence-electron chi connectivity index (χ2n) is 6.48. The first kappa shape index (κ1) is 22.5. The molecule has 0 aliphatic rings. The van der Waals surface area contributed by atoms with Gasteiger partial charge in [-0.05, 0) is 37.1 Å². The molecule has 0 bridgehead atoms. The Hall–Kier alpha value is -1.83. The second-order valence-corrected chi connectivity index (χ2v) is 9.72. The standard InChI is InChI=1S/C21H28N2O3S2/c1-5-23(6-2)28(25,26)20-14-19(13-12-16(20)3)22-21(24)15-27-17(4)18-10-8-7-9-11-18/h7-14,17H,5-6,15H2,1-4H3,(H,22,24)/t17-/m1/s1. The zero-order valence-corrected chi connectivity index (χ0v) is 18.4. The van der Waals surface area contributed by atoms with Gasteiger partial charge in [0.15, 0.2) is 0 Å². The largest absolute Gasteiger partial charge is 0.325 e. The highest BCUT2D eigenvalue weighted by Gasteiger charge is 2.24. The predicted molar refractivity (Wildman–Crippen MR) is 117 cm³/mol. The number of hydrogen-bond donors (Lipinski definition) is 1. The van der Waals surface area contributed by atoms with Crippen molar-refractivity contribution < 1.29 is 13.2 Å². The molecule has 0 saturated carbocycles. The van der Waals surface area contributed by atoms with E-state index in [9.17, 15) is 13.2 Å². The fourth-order valence-corrected chi connectivity index (χ4v) is 5.41. The molecule has 7 heteroatoms. The third kappa shape index (κ3) is 5.59. The molecule has 0 spiro atoms. The molecule has 1 atom stereocenters. The maximum Gasteiger partial charge on any atom is 0.243 e. The summed E-state index contributed by atoms with van der Waals surface area (Å²) in [5.41, 5.74) is 2.33. The molecule has 0 aliphatic carbocycles. The van der Waals surface area contributed by atoms with Crippen LogP contribution in [-0.2, 0) is 14.8 Å². The smallest absolute Gasteiger partial charge is 0.243 e. The molecular formula is C21H28N2O3S2. The van der Waals surface area contributed by atoms with Gasteiger partial charge >= 0.3 is 0 Å². The highest BCUT2D eigenvalue weighted by atomic mass is 32.2. The van der Waals surface area contributed by atoms with Crippen LogP contribution < -0.4 is 5.32 Å². The van der Waals surface area contributed by atoms with Crippen LogP contribution in [0.3, 0.4) is 0 Å². The Kier molecular flexibility index (Phi) is 8.10. The van der Waals surface area contributed by atoms with Crippen molar-refractivity contribution in [2.45, 2.75) is 37.8 Å². The summed E-state index contributed by atoms with van der Waals surface area (Å²) >= 11 is 1.54. The molecule has 0 saturated heterocycles. The zero-order valence-electron chi connectivity index (χ0n) is 16.8. The van der Waals surface area contributed by atoms with Gasteiger partial charge in [0, 0.05) is 24.0 Å². The number of hydrogen-bond acceptors (Lipinski definition) is 4. The van der Waals surface area contributed by atoms with Gasteiger partial charge in [0.1, 0.15) is 0 Å². The fraction of sp³-hybridized carbons (Fsp3) is 0.381. The lowest BCUT2D eigenvalue weighted by Gasteiger charge is -2.20.